The number of nitrogens with zero attached hydrogens (tertiary/aromatic N) is 4. The molecule has 4 aromatic rings. The molecule has 1 aliphatic rings. The molecular formula is C32H38F2N8O2. The summed E-state index contributed by atoms with van der Waals surface area (Å²) in [4.78, 5) is 21.9. The Bertz CT molecular complexity index is 1630. The molecule has 5 N–H and O–H groups in total. The Labute approximate surface area is 255 Å². The van der Waals surface area contributed by atoms with E-state index < -0.39 is 11.8 Å². The summed E-state index contributed by atoms with van der Waals surface area (Å²) in [5.41, 5.74) is 3.44. The number of aliphatic hydroxyl groups excluding tert-OH is 1. The molecule has 0 radical (unpaired) electrons. The molecule has 0 unspecified atom stereocenters. The summed E-state index contributed by atoms with van der Waals surface area (Å²) in [6, 6.07) is 13.6. The van der Waals surface area contributed by atoms with Crippen LogP contribution in [0.15, 0.2) is 54.9 Å². The first-order valence-corrected chi connectivity index (χ1v) is 14.7. The molecule has 10 nitrogen and oxygen atoms in total. The Morgan fingerprint density at radius 1 is 1.05 bits per heavy atom. The Kier molecular flexibility index (Phi) is 9.21. The van der Waals surface area contributed by atoms with E-state index in [1.165, 1.54) is 18.5 Å². The summed E-state index contributed by atoms with van der Waals surface area (Å²) in [5, 5.41) is 27.0. The quantitative estimate of drug-likeness (QED) is 0.153. The number of benzene rings is 2. The van der Waals surface area contributed by atoms with Gasteiger partial charge >= 0.3 is 0 Å². The third-order valence-electron chi connectivity index (χ3n) is 7.77. The van der Waals surface area contributed by atoms with Crippen LogP contribution in [0.5, 0.6) is 0 Å². The maximum absolute atomic E-state index is 14.4. The number of aryl methyl sites for hydroxylation is 2. The molecule has 1 fully saturated rings. The van der Waals surface area contributed by atoms with Crippen molar-refractivity contribution in [2.24, 2.45) is 0 Å². The van der Waals surface area contributed by atoms with Crippen molar-refractivity contribution in [1.29, 1.82) is 0 Å². The number of halogens is 2. The van der Waals surface area contributed by atoms with E-state index >= 15 is 0 Å². The minimum atomic E-state index is -3.11. The van der Waals surface area contributed by atoms with E-state index in [0.29, 0.717) is 48.1 Å². The van der Waals surface area contributed by atoms with Crippen LogP contribution in [0.25, 0.3) is 5.82 Å². The molecule has 44 heavy (non-hydrogen) atoms. The van der Waals surface area contributed by atoms with Crippen molar-refractivity contribution in [3.8, 4) is 5.82 Å². The van der Waals surface area contributed by atoms with Crippen molar-refractivity contribution in [3.63, 3.8) is 0 Å². The number of amides is 1. The van der Waals surface area contributed by atoms with E-state index in [1.807, 2.05) is 26.0 Å². The van der Waals surface area contributed by atoms with Crippen LogP contribution < -0.4 is 21.3 Å². The van der Waals surface area contributed by atoms with Crippen molar-refractivity contribution in [3.05, 3.63) is 82.8 Å². The molecule has 0 bridgehead atoms. The number of rotatable bonds is 10. The summed E-state index contributed by atoms with van der Waals surface area (Å²) < 4.78 is 30.6. The topological polar surface area (TPSA) is 129 Å². The number of nitrogens with one attached hydrogen (secondary N) is 4. The van der Waals surface area contributed by atoms with Crippen molar-refractivity contribution >= 4 is 28.9 Å². The van der Waals surface area contributed by atoms with Gasteiger partial charge in [0.15, 0.2) is 5.82 Å². The highest BCUT2D eigenvalue weighted by Gasteiger charge is 2.27. The molecule has 0 spiro atoms. The molecule has 5 rings (SSSR count). The van der Waals surface area contributed by atoms with Gasteiger partial charge in [0, 0.05) is 61.2 Å². The fourth-order valence-electron chi connectivity index (χ4n) is 5.26. The summed E-state index contributed by atoms with van der Waals surface area (Å²) >= 11 is 0. The van der Waals surface area contributed by atoms with Gasteiger partial charge in [-0.25, -0.2) is 18.7 Å². The van der Waals surface area contributed by atoms with E-state index in [4.69, 9.17) is 0 Å². The zero-order valence-electron chi connectivity index (χ0n) is 25.3. The molecule has 0 saturated heterocycles. The number of aliphatic hydroxyl groups is 1. The normalized spacial score (nSPS) is 16.9. The zero-order chi connectivity index (χ0) is 31.4. The van der Waals surface area contributed by atoms with E-state index in [0.717, 1.165) is 36.7 Å². The maximum atomic E-state index is 14.4. The van der Waals surface area contributed by atoms with Crippen LogP contribution in [-0.2, 0) is 12.5 Å². The second kappa shape index (κ2) is 13.1. The minimum absolute atomic E-state index is 0.146. The van der Waals surface area contributed by atoms with E-state index in [1.54, 1.807) is 36.0 Å². The summed E-state index contributed by atoms with van der Waals surface area (Å²) in [7, 11) is 1.77. The molecule has 12 heteroatoms. The smallest absolute Gasteiger partial charge is 0.270 e. The molecular weight excluding hydrogens is 566 g/mol. The first kappa shape index (κ1) is 31.0. The van der Waals surface area contributed by atoms with Crippen molar-refractivity contribution in [1.82, 2.24) is 25.1 Å². The highest BCUT2D eigenvalue weighted by molar-refractivity contribution is 6.04. The number of alkyl halides is 2. The number of hydrogen-bond acceptors (Lipinski definition) is 8. The number of hydrogen-bond donors (Lipinski definition) is 5. The molecule has 0 atom stereocenters. The standard InChI is InChI=1S/C32H38F2N8O2/c1-19-5-6-25(15-27(19)40-30-11-20(2)41-42(30)29-16-28(35-4)37-18-38-29)39-31(44)22-12-21(13-23(14-22)32(3,33)34)17-36-24-7-9-26(43)10-8-24/h5-6,11-16,18,24,26,36,40,43H,7-10,17H2,1-4H3,(H,39,44)(H,35,37,38). The van der Waals surface area contributed by atoms with Gasteiger partial charge in [0.25, 0.3) is 11.8 Å². The first-order chi connectivity index (χ1) is 21.0. The fraction of sp³-hybridized carbons (Fsp3) is 0.375. The van der Waals surface area contributed by atoms with E-state index in [9.17, 15) is 18.7 Å². The van der Waals surface area contributed by atoms with Crippen LogP contribution in [0.2, 0.25) is 0 Å². The van der Waals surface area contributed by atoms with Crippen LogP contribution in [0.1, 0.15) is 65.3 Å². The van der Waals surface area contributed by atoms with Gasteiger partial charge in [0.1, 0.15) is 18.0 Å². The number of carbonyl (C=O) groups is 1. The molecule has 0 aliphatic heterocycles. The van der Waals surface area contributed by atoms with Crippen molar-refractivity contribution < 1.29 is 18.7 Å². The van der Waals surface area contributed by atoms with E-state index in [-0.39, 0.29) is 23.3 Å². The number of carbonyl (C=O) groups excluding carboxylic acids is 1. The van der Waals surface area contributed by atoms with Gasteiger partial charge < -0.3 is 26.4 Å². The second-order valence-electron chi connectivity index (χ2n) is 11.4. The second-order valence-corrected chi connectivity index (χ2v) is 11.4. The molecule has 1 aliphatic carbocycles. The highest BCUT2D eigenvalue weighted by atomic mass is 19.3. The van der Waals surface area contributed by atoms with Crippen LogP contribution in [0.3, 0.4) is 0 Å². The van der Waals surface area contributed by atoms with Gasteiger partial charge in [-0.05, 0) is 81.0 Å². The average Bonchev–Trinajstić information content (AvgIpc) is 3.37. The maximum Gasteiger partial charge on any atom is 0.270 e. The fourth-order valence-corrected chi connectivity index (χ4v) is 5.26. The van der Waals surface area contributed by atoms with Gasteiger partial charge in [0.05, 0.1) is 11.8 Å². The van der Waals surface area contributed by atoms with Gasteiger partial charge in [-0.3, -0.25) is 4.79 Å². The van der Waals surface area contributed by atoms with Crippen LogP contribution >= 0.6 is 0 Å². The molecule has 1 saturated carbocycles. The summed E-state index contributed by atoms with van der Waals surface area (Å²) in [6.07, 6.45) is 4.24. The lowest BCUT2D eigenvalue weighted by atomic mass is 9.93. The van der Waals surface area contributed by atoms with Crippen molar-refractivity contribution in [2.45, 2.75) is 71.1 Å². The molecule has 2 aromatic carbocycles. The molecule has 232 valence electrons. The van der Waals surface area contributed by atoms with E-state index in [2.05, 4.69) is 36.3 Å². The van der Waals surface area contributed by atoms with Gasteiger partial charge in [-0.15, -0.1) is 0 Å². The third-order valence-corrected chi connectivity index (χ3v) is 7.77. The predicted molar refractivity (Wildman–Crippen MR) is 167 cm³/mol. The lowest BCUT2D eigenvalue weighted by molar-refractivity contribution is 0.0173. The monoisotopic (exact) mass is 604 g/mol. The Balaban J connectivity index is 1.35. The Morgan fingerprint density at radius 3 is 2.55 bits per heavy atom. The Morgan fingerprint density at radius 2 is 1.82 bits per heavy atom. The predicted octanol–water partition coefficient (Wildman–Crippen LogP) is 5.82. The van der Waals surface area contributed by atoms with Gasteiger partial charge in [-0.1, -0.05) is 6.07 Å². The minimum Gasteiger partial charge on any atom is -0.393 e. The largest absolute Gasteiger partial charge is 0.393 e. The number of aromatic nitrogens is 4. The van der Waals surface area contributed by atoms with Crippen molar-refractivity contribution in [2.75, 3.05) is 23.0 Å². The lowest BCUT2D eigenvalue weighted by Crippen LogP contribution is -2.34. The average molecular weight is 605 g/mol. The van der Waals surface area contributed by atoms with Crippen LogP contribution in [0.4, 0.5) is 31.8 Å². The summed E-state index contributed by atoms with van der Waals surface area (Å²) in [6.45, 7) is 4.99. The molecule has 2 heterocycles. The third kappa shape index (κ3) is 7.56. The van der Waals surface area contributed by atoms with Gasteiger partial charge in [-0.2, -0.15) is 9.78 Å². The first-order valence-electron chi connectivity index (χ1n) is 14.7. The highest BCUT2D eigenvalue weighted by Crippen LogP contribution is 2.30. The number of anilines is 4. The zero-order valence-corrected chi connectivity index (χ0v) is 25.3. The molecule has 1 amide bonds. The van der Waals surface area contributed by atoms with Gasteiger partial charge in [0.2, 0.25) is 0 Å². The lowest BCUT2D eigenvalue weighted by Gasteiger charge is -2.26. The van der Waals surface area contributed by atoms with Crippen LogP contribution in [-0.4, -0.2) is 50.0 Å². The Hall–Kier alpha value is -4.42. The summed E-state index contributed by atoms with van der Waals surface area (Å²) in [5.74, 6) is -1.72. The SMILES string of the molecule is CNc1cc(-n2nc(C)cc2Nc2cc(NC(=O)c3cc(CNC4CCC(O)CC4)cc(C(C)(F)F)c3)ccc2C)ncn1. The van der Waals surface area contributed by atoms with Crippen LogP contribution in [0, 0.1) is 13.8 Å². The molecule has 2 aromatic heterocycles.